The molecule has 10 nitrogen and oxygen atoms in total. The average molecular weight is 660 g/mol. The second-order valence-corrected chi connectivity index (χ2v) is 13.8. The molecule has 0 aliphatic rings. The number of carbonyl (C=O) groups is 4. The summed E-state index contributed by atoms with van der Waals surface area (Å²) in [5, 5.41) is 15.4. The highest BCUT2D eigenvalue weighted by Gasteiger charge is 2.38. The van der Waals surface area contributed by atoms with Gasteiger partial charge in [0.25, 0.3) is 0 Å². The van der Waals surface area contributed by atoms with Gasteiger partial charge in [0, 0.05) is 19.4 Å². The van der Waals surface area contributed by atoms with Gasteiger partial charge < -0.3 is 30.1 Å². The number of nitrogens with zero attached hydrogens (tertiary/aromatic N) is 1. The minimum atomic E-state index is -1.16. The summed E-state index contributed by atoms with van der Waals surface area (Å²) in [6, 6.07) is 19.5. The predicted octanol–water partition coefficient (Wildman–Crippen LogP) is 5.80. The summed E-state index contributed by atoms with van der Waals surface area (Å²) in [7, 11) is 0. The van der Waals surface area contributed by atoms with Crippen LogP contribution in [0.2, 0.25) is 0 Å². The Hall–Kier alpha value is -4.86. The summed E-state index contributed by atoms with van der Waals surface area (Å²) >= 11 is 0. The maximum atomic E-state index is 14.5. The van der Waals surface area contributed by atoms with Gasteiger partial charge in [-0.25, -0.2) is 9.59 Å². The highest BCUT2D eigenvalue weighted by molar-refractivity contribution is 5.94. The predicted molar refractivity (Wildman–Crippen MR) is 184 cm³/mol. The standard InChI is InChI=1S/C38H49N3O7/c1-9-41(34(44)30(40-36(46)48-38(6,7)8)23-27-18-20-29(42)21-19-27)32(28-17-13-14-25(2)22-28)33(43)39-31(35(45)47-37(3,4)5)24-26-15-11-10-12-16-26/h10-22,30-32,42H,9,23-24H2,1-8H3,(H,39,43)(H,40,46). The molecule has 0 aromatic heterocycles. The fourth-order valence-electron chi connectivity index (χ4n) is 5.16. The number of phenolic OH excluding ortho intramolecular Hbond substituents is 1. The van der Waals surface area contributed by atoms with Crippen LogP contribution in [0.3, 0.4) is 0 Å². The minimum absolute atomic E-state index is 0.0585. The van der Waals surface area contributed by atoms with Gasteiger partial charge in [0.15, 0.2) is 0 Å². The number of carbonyl (C=O) groups excluding carboxylic acids is 4. The molecule has 0 saturated heterocycles. The van der Waals surface area contributed by atoms with Crippen LogP contribution >= 0.6 is 0 Å². The van der Waals surface area contributed by atoms with E-state index in [0.717, 1.165) is 11.1 Å². The Bertz CT molecular complexity index is 1540. The number of amides is 3. The number of nitrogens with one attached hydrogen (secondary N) is 2. The number of ether oxygens (including phenoxy) is 2. The molecule has 258 valence electrons. The molecule has 0 radical (unpaired) electrons. The fraction of sp³-hybridized carbons (Fsp3) is 0.421. The second kappa shape index (κ2) is 16.3. The highest BCUT2D eigenvalue weighted by Crippen LogP contribution is 2.25. The van der Waals surface area contributed by atoms with Gasteiger partial charge in [0.05, 0.1) is 0 Å². The number of likely N-dealkylation sites (N-methyl/N-ethyl adjacent to an activating group) is 1. The Morgan fingerprint density at radius 2 is 1.33 bits per heavy atom. The van der Waals surface area contributed by atoms with Crippen LogP contribution in [-0.2, 0) is 36.7 Å². The Labute approximate surface area is 283 Å². The van der Waals surface area contributed by atoms with Crippen molar-refractivity contribution in [3.63, 3.8) is 0 Å². The second-order valence-electron chi connectivity index (χ2n) is 13.8. The molecule has 0 aliphatic heterocycles. The Balaban J connectivity index is 2.05. The lowest BCUT2D eigenvalue weighted by Crippen LogP contribution is -2.55. The third kappa shape index (κ3) is 11.7. The van der Waals surface area contributed by atoms with Gasteiger partial charge in [0.1, 0.15) is 35.1 Å². The first kappa shape index (κ1) is 37.6. The third-order valence-electron chi connectivity index (χ3n) is 7.20. The lowest BCUT2D eigenvalue weighted by molar-refractivity contribution is -0.159. The lowest BCUT2D eigenvalue weighted by Gasteiger charge is -2.35. The maximum absolute atomic E-state index is 14.5. The largest absolute Gasteiger partial charge is 0.508 e. The van der Waals surface area contributed by atoms with Gasteiger partial charge in [-0.15, -0.1) is 0 Å². The molecule has 10 heteroatoms. The fourth-order valence-corrected chi connectivity index (χ4v) is 5.16. The van der Waals surface area contributed by atoms with E-state index >= 15 is 0 Å². The van der Waals surface area contributed by atoms with E-state index in [1.807, 2.05) is 49.4 Å². The van der Waals surface area contributed by atoms with Crippen molar-refractivity contribution in [2.24, 2.45) is 0 Å². The average Bonchev–Trinajstić information content (AvgIpc) is 2.98. The summed E-state index contributed by atoms with van der Waals surface area (Å²) in [4.78, 5) is 56.7. The molecule has 0 heterocycles. The van der Waals surface area contributed by atoms with E-state index in [9.17, 15) is 24.3 Å². The Morgan fingerprint density at radius 1 is 0.750 bits per heavy atom. The van der Waals surface area contributed by atoms with Crippen molar-refractivity contribution in [1.29, 1.82) is 0 Å². The molecule has 0 fully saturated rings. The van der Waals surface area contributed by atoms with Crippen LogP contribution in [0.5, 0.6) is 5.75 Å². The number of esters is 1. The van der Waals surface area contributed by atoms with E-state index in [4.69, 9.17) is 9.47 Å². The number of hydrogen-bond acceptors (Lipinski definition) is 7. The van der Waals surface area contributed by atoms with Gasteiger partial charge in [-0.3, -0.25) is 9.59 Å². The zero-order chi connectivity index (χ0) is 35.6. The van der Waals surface area contributed by atoms with E-state index < -0.39 is 53.2 Å². The number of aryl methyl sites for hydroxylation is 1. The van der Waals surface area contributed by atoms with Gasteiger partial charge >= 0.3 is 12.1 Å². The van der Waals surface area contributed by atoms with Crippen LogP contribution in [0.1, 0.15) is 76.8 Å². The number of hydrogen-bond donors (Lipinski definition) is 3. The molecule has 3 N–H and O–H groups in total. The number of phenols is 1. The zero-order valence-corrected chi connectivity index (χ0v) is 29.2. The molecular formula is C38H49N3O7. The quantitative estimate of drug-likeness (QED) is 0.210. The molecule has 0 spiro atoms. The van der Waals surface area contributed by atoms with Crippen molar-refractivity contribution < 1.29 is 33.8 Å². The summed E-state index contributed by atoms with van der Waals surface area (Å²) in [5.74, 6) is -1.66. The van der Waals surface area contributed by atoms with Crippen molar-refractivity contribution in [1.82, 2.24) is 15.5 Å². The monoisotopic (exact) mass is 659 g/mol. The number of rotatable bonds is 12. The molecule has 0 bridgehead atoms. The molecule has 3 unspecified atom stereocenters. The maximum Gasteiger partial charge on any atom is 0.408 e. The number of aromatic hydroxyl groups is 1. The molecule has 3 amide bonds. The number of alkyl carbamates (subject to hydrolysis) is 1. The van der Waals surface area contributed by atoms with Gasteiger partial charge in [-0.2, -0.15) is 0 Å². The molecule has 0 saturated carbocycles. The lowest BCUT2D eigenvalue weighted by atomic mass is 9.98. The molecule has 0 aliphatic carbocycles. The first-order valence-corrected chi connectivity index (χ1v) is 16.2. The van der Waals surface area contributed by atoms with Crippen molar-refractivity contribution in [2.75, 3.05) is 6.54 Å². The normalized spacial score (nSPS) is 13.4. The van der Waals surface area contributed by atoms with E-state index in [0.29, 0.717) is 11.1 Å². The number of benzene rings is 3. The topological polar surface area (TPSA) is 134 Å². The molecule has 3 rings (SSSR count). The van der Waals surface area contributed by atoms with Crippen LogP contribution < -0.4 is 10.6 Å². The van der Waals surface area contributed by atoms with Crippen molar-refractivity contribution in [2.45, 2.75) is 97.6 Å². The highest BCUT2D eigenvalue weighted by atomic mass is 16.6. The first-order chi connectivity index (χ1) is 22.5. The van der Waals surface area contributed by atoms with E-state index in [1.54, 1.807) is 72.7 Å². The first-order valence-electron chi connectivity index (χ1n) is 16.2. The summed E-state index contributed by atoms with van der Waals surface area (Å²) < 4.78 is 11.2. The Kier molecular flexibility index (Phi) is 12.8. The van der Waals surface area contributed by atoms with Crippen molar-refractivity contribution in [3.8, 4) is 5.75 Å². The third-order valence-corrected chi connectivity index (χ3v) is 7.20. The molecule has 3 aromatic rings. The van der Waals surface area contributed by atoms with Crippen LogP contribution in [0.4, 0.5) is 4.79 Å². The minimum Gasteiger partial charge on any atom is -0.508 e. The van der Waals surface area contributed by atoms with E-state index in [1.165, 1.54) is 17.0 Å². The molecule has 3 atom stereocenters. The SMILES string of the molecule is CCN(C(=O)C(Cc1ccc(O)cc1)NC(=O)OC(C)(C)C)C(C(=O)NC(Cc1ccccc1)C(=O)OC(C)(C)C)c1cccc(C)c1. The van der Waals surface area contributed by atoms with E-state index in [-0.39, 0.29) is 25.1 Å². The van der Waals surface area contributed by atoms with Gasteiger partial charge in [-0.1, -0.05) is 72.3 Å². The van der Waals surface area contributed by atoms with Crippen LogP contribution in [0, 0.1) is 6.92 Å². The zero-order valence-electron chi connectivity index (χ0n) is 29.2. The summed E-state index contributed by atoms with van der Waals surface area (Å²) in [6.07, 6.45) is -0.558. The van der Waals surface area contributed by atoms with Gasteiger partial charge in [0.2, 0.25) is 11.8 Å². The summed E-state index contributed by atoms with van der Waals surface area (Å²) in [5.41, 5.74) is 1.27. The summed E-state index contributed by atoms with van der Waals surface area (Å²) in [6.45, 7) is 14.1. The smallest absolute Gasteiger partial charge is 0.408 e. The van der Waals surface area contributed by atoms with Gasteiger partial charge in [-0.05, 0) is 84.2 Å². The van der Waals surface area contributed by atoms with Crippen molar-refractivity contribution >= 4 is 23.9 Å². The molecule has 3 aromatic carbocycles. The molecular weight excluding hydrogens is 610 g/mol. The van der Waals surface area contributed by atoms with Crippen LogP contribution in [-0.4, -0.2) is 63.7 Å². The van der Waals surface area contributed by atoms with Crippen molar-refractivity contribution in [3.05, 3.63) is 101 Å². The van der Waals surface area contributed by atoms with Crippen LogP contribution in [0.15, 0.2) is 78.9 Å². The Morgan fingerprint density at radius 3 is 1.90 bits per heavy atom. The van der Waals surface area contributed by atoms with E-state index in [2.05, 4.69) is 10.6 Å². The molecule has 48 heavy (non-hydrogen) atoms. The van der Waals surface area contributed by atoms with Crippen LogP contribution in [0.25, 0.3) is 0 Å².